The second kappa shape index (κ2) is 13.3. The Kier molecular flexibility index (Phi) is 8.12. The van der Waals surface area contributed by atoms with E-state index in [1.54, 1.807) is 48.5 Å². The summed E-state index contributed by atoms with van der Waals surface area (Å²) in [5.74, 6) is -3.96. The van der Waals surface area contributed by atoms with Gasteiger partial charge in [-0.3, -0.25) is 0 Å². The molecule has 16 heteroatoms. The summed E-state index contributed by atoms with van der Waals surface area (Å²) in [6, 6.07) is 35.6. The van der Waals surface area contributed by atoms with Gasteiger partial charge in [-0.05, 0) is 24.3 Å². The molecule has 0 radical (unpaired) electrons. The molecule has 8 heterocycles. The van der Waals surface area contributed by atoms with Crippen molar-refractivity contribution in [3.05, 3.63) is 144 Å². The normalized spacial score (nSPS) is 38.8. The molecule has 16 nitrogen and oxygen atoms in total. The fraction of sp³-hybridized carbons (Fsp3) is 0.333. The van der Waals surface area contributed by atoms with E-state index in [1.807, 2.05) is 72.8 Å². The Hall–Kier alpha value is -5.88. The minimum Gasteiger partial charge on any atom is -0.453 e. The smallest absolute Gasteiger partial charge is 0.453 e. The van der Waals surface area contributed by atoms with Gasteiger partial charge in [-0.15, -0.1) is 0 Å². The monoisotopic (exact) mass is 792 g/mol. The average Bonchev–Trinajstić information content (AvgIpc) is 3.26. The van der Waals surface area contributed by atoms with Crippen molar-refractivity contribution in [1.29, 1.82) is 0 Å². The maximum Gasteiger partial charge on any atom is 0.509 e. The van der Waals surface area contributed by atoms with Crippen LogP contribution in [0.1, 0.15) is 31.8 Å². The standard InChI is InChI=1S/2C21H16O8/c2*22-19(11-7-3-1-4-8-11)24-13-16-14-18-15(26-20(23)25-14)17(13)28-21(27-16,29-18)12-9-5-2-6-10-12/h2*1-10,13-18H/t2*13?,14-,15+,16+,17-,18?,21?. The molecule has 0 amide bonds. The topological polar surface area (TPSA) is 179 Å². The summed E-state index contributed by atoms with van der Waals surface area (Å²) in [5.41, 5.74) is 2.13. The highest BCUT2D eigenvalue weighted by Crippen LogP contribution is 2.55. The fourth-order valence-corrected chi connectivity index (χ4v) is 8.82. The molecule has 14 rings (SSSR count). The molecule has 4 aromatic carbocycles. The molecule has 8 saturated heterocycles. The summed E-state index contributed by atoms with van der Waals surface area (Å²) in [5, 5.41) is 0. The van der Waals surface area contributed by atoms with Crippen molar-refractivity contribution in [3.63, 3.8) is 0 Å². The zero-order chi connectivity index (χ0) is 39.2. The maximum absolute atomic E-state index is 12.7. The van der Waals surface area contributed by atoms with Crippen LogP contribution in [0.15, 0.2) is 121 Å². The van der Waals surface area contributed by atoms with Crippen molar-refractivity contribution in [2.75, 3.05) is 0 Å². The van der Waals surface area contributed by atoms with Crippen LogP contribution in [0.4, 0.5) is 9.59 Å². The molecule has 10 aliphatic rings. The Morgan fingerprint density at radius 2 is 0.655 bits per heavy atom. The van der Waals surface area contributed by atoms with Gasteiger partial charge in [0.15, 0.2) is 36.6 Å². The Morgan fingerprint density at radius 1 is 0.379 bits per heavy atom. The minimum atomic E-state index is -1.46. The van der Waals surface area contributed by atoms with Gasteiger partial charge >= 0.3 is 36.2 Å². The van der Waals surface area contributed by atoms with Crippen LogP contribution < -0.4 is 0 Å². The van der Waals surface area contributed by atoms with Crippen molar-refractivity contribution in [2.45, 2.75) is 85.2 Å². The molecule has 2 aliphatic carbocycles. The van der Waals surface area contributed by atoms with Gasteiger partial charge in [-0.25, -0.2) is 19.2 Å². The molecule has 0 spiro atoms. The van der Waals surface area contributed by atoms with Crippen molar-refractivity contribution < 1.29 is 76.0 Å². The van der Waals surface area contributed by atoms with E-state index in [2.05, 4.69) is 0 Å². The quantitative estimate of drug-likeness (QED) is 0.200. The molecule has 0 N–H and O–H groups in total. The highest BCUT2D eigenvalue weighted by Gasteiger charge is 2.74. The van der Waals surface area contributed by atoms with Crippen LogP contribution in [-0.2, 0) is 68.8 Å². The number of benzene rings is 4. The first-order chi connectivity index (χ1) is 28.3. The molecule has 4 aromatic rings. The second-order valence-corrected chi connectivity index (χ2v) is 14.6. The Morgan fingerprint density at radius 3 is 0.966 bits per heavy atom. The summed E-state index contributed by atoms with van der Waals surface area (Å²) < 4.78 is 69.5. The van der Waals surface area contributed by atoms with Crippen molar-refractivity contribution in [2.24, 2.45) is 0 Å². The summed E-state index contributed by atoms with van der Waals surface area (Å²) in [7, 11) is 0. The molecule has 8 aliphatic heterocycles. The highest BCUT2D eigenvalue weighted by atomic mass is 16.9. The lowest BCUT2D eigenvalue weighted by Crippen LogP contribution is -2.81. The molecule has 0 aromatic heterocycles. The lowest BCUT2D eigenvalue weighted by molar-refractivity contribution is -0.553. The van der Waals surface area contributed by atoms with Gasteiger partial charge in [0, 0.05) is 11.1 Å². The summed E-state index contributed by atoms with van der Waals surface area (Å²) in [6.07, 6.45) is -10.5. The zero-order valence-corrected chi connectivity index (χ0v) is 30.0. The number of rotatable bonds is 6. The molecule has 14 atom stereocenters. The molecule has 296 valence electrons. The van der Waals surface area contributed by atoms with Gasteiger partial charge in [-0.2, -0.15) is 0 Å². The van der Waals surface area contributed by atoms with E-state index in [0.29, 0.717) is 22.3 Å². The third-order valence-corrected chi connectivity index (χ3v) is 11.3. The number of hydrogen-bond acceptors (Lipinski definition) is 16. The Labute approximate surface area is 328 Å². The summed E-state index contributed by atoms with van der Waals surface area (Å²) >= 11 is 0. The van der Waals surface area contributed by atoms with Crippen molar-refractivity contribution >= 4 is 24.2 Å². The van der Waals surface area contributed by atoms with Crippen LogP contribution >= 0.6 is 0 Å². The lowest BCUT2D eigenvalue weighted by Gasteiger charge is -2.62. The number of hydrogen-bond donors (Lipinski definition) is 0. The van der Waals surface area contributed by atoms with E-state index in [1.165, 1.54) is 0 Å². The van der Waals surface area contributed by atoms with Crippen LogP contribution in [-0.4, -0.2) is 97.5 Å². The van der Waals surface area contributed by atoms with Gasteiger partial charge in [0.25, 0.3) is 0 Å². The fourth-order valence-electron chi connectivity index (χ4n) is 8.82. The Bertz CT molecular complexity index is 2030. The molecular formula is C42H32O16. The first-order valence-corrected chi connectivity index (χ1v) is 18.7. The average molecular weight is 793 g/mol. The third-order valence-electron chi connectivity index (χ3n) is 11.3. The number of carbonyl (C=O) groups excluding carboxylic acids is 4. The first-order valence-electron chi connectivity index (χ1n) is 18.7. The van der Waals surface area contributed by atoms with Crippen LogP contribution in [0.25, 0.3) is 0 Å². The lowest BCUT2D eigenvalue weighted by atomic mass is 9.80. The van der Waals surface area contributed by atoms with Gasteiger partial charge in [-0.1, -0.05) is 97.1 Å². The molecule has 6 unspecified atom stereocenters. The molecule has 10 fully saturated rings. The summed E-state index contributed by atoms with van der Waals surface area (Å²) in [6.45, 7) is 0. The van der Waals surface area contributed by atoms with Gasteiger partial charge < -0.3 is 56.8 Å². The molecule has 12 bridgehead atoms. The van der Waals surface area contributed by atoms with E-state index < -0.39 is 109 Å². The predicted octanol–water partition coefficient (Wildman–Crippen LogP) is 4.25. The highest BCUT2D eigenvalue weighted by molar-refractivity contribution is 5.90. The van der Waals surface area contributed by atoms with E-state index in [4.69, 9.17) is 56.8 Å². The maximum atomic E-state index is 12.7. The molecule has 58 heavy (non-hydrogen) atoms. The van der Waals surface area contributed by atoms with E-state index in [0.717, 1.165) is 0 Å². The van der Waals surface area contributed by atoms with Crippen LogP contribution in [0.3, 0.4) is 0 Å². The second-order valence-electron chi connectivity index (χ2n) is 14.6. The largest absolute Gasteiger partial charge is 0.509 e. The van der Waals surface area contributed by atoms with E-state index in [-0.39, 0.29) is 0 Å². The third kappa shape index (κ3) is 5.51. The van der Waals surface area contributed by atoms with Crippen molar-refractivity contribution in [1.82, 2.24) is 0 Å². The van der Waals surface area contributed by atoms with Crippen LogP contribution in [0.5, 0.6) is 0 Å². The summed E-state index contributed by atoms with van der Waals surface area (Å²) in [4.78, 5) is 49.0. The number of carbonyl (C=O) groups is 4. The van der Waals surface area contributed by atoms with Gasteiger partial charge in [0.05, 0.1) is 11.1 Å². The number of esters is 2. The zero-order valence-electron chi connectivity index (χ0n) is 30.0. The molecule has 2 saturated carbocycles. The Balaban J connectivity index is 0.000000133. The van der Waals surface area contributed by atoms with Crippen LogP contribution in [0, 0.1) is 0 Å². The van der Waals surface area contributed by atoms with Gasteiger partial charge in [0.1, 0.15) is 36.6 Å². The van der Waals surface area contributed by atoms with E-state index >= 15 is 0 Å². The molecular weight excluding hydrogens is 760 g/mol. The minimum absolute atomic E-state index is 0.401. The number of ether oxygens (including phenoxy) is 12. The van der Waals surface area contributed by atoms with Gasteiger partial charge in [0.2, 0.25) is 0 Å². The predicted molar refractivity (Wildman–Crippen MR) is 187 cm³/mol. The SMILES string of the molecule is O=C1O[C@@H]2C3OC4(c5ccccc5)O[C@@H]2C(OC(=O)c2ccccc2)[C@H](O4)[C@H]3O1.O=C1O[C@@H]2C3OC4(c5ccccc5)O[C@@H]2C(OC(=O)c2ccccc2)[C@H](O4)[C@H]3O1. The van der Waals surface area contributed by atoms with Crippen LogP contribution in [0.2, 0.25) is 0 Å². The van der Waals surface area contributed by atoms with Crippen molar-refractivity contribution in [3.8, 4) is 0 Å². The van der Waals surface area contributed by atoms with E-state index in [9.17, 15) is 19.2 Å². The first kappa shape index (κ1) is 35.3.